The second-order valence-electron chi connectivity index (χ2n) is 7.54. The molecule has 1 aromatic carbocycles. The molecule has 0 aromatic heterocycles. The van der Waals surface area contributed by atoms with Crippen molar-refractivity contribution in [1.29, 1.82) is 0 Å². The van der Waals surface area contributed by atoms with E-state index in [0.29, 0.717) is 24.6 Å². The molecule has 26 heavy (non-hydrogen) atoms. The van der Waals surface area contributed by atoms with E-state index in [2.05, 4.69) is 17.1 Å². The Labute approximate surface area is 156 Å². The van der Waals surface area contributed by atoms with Gasteiger partial charge < -0.3 is 15.1 Å². The molecule has 1 unspecified atom stereocenters. The zero-order chi connectivity index (χ0) is 18.4. The zero-order valence-corrected chi connectivity index (χ0v) is 15.9. The first-order valence-electron chi connectivity index (χ1n) is 10.1. The third-order valence-corrected chi connectivity index (χ3v) is 5.61. The Hall–Kier alpha value is -1.88. The molecule has 0 bridgehead atoms. The topological polar surface area (TPSA) is 52.7 Å². The van der Waals surface area contributed by atoms with Gasteiger partial charge in [0.25, 0.3) is 5.91 Å². The second kappa shape index (κ2) is 9.17. The van der Waals surface area contributed by atoms with Crippen LogP contribution >= 0.6 is 0 Å². The van der Waals surface area contributed by atoms with Crippen LogP contribution in [0.15, 0.2) is 24.3 Å². The second-order valence-corrected chi connectivity index (χ2v) is 7.54. The van der Waals surface area contributed by atoms with Gasteiger partial charge in [0.15, 0.2) is 0 Å². The number of unbranched alkanes of at least 4 members (excludes halogenated alkanes) is 1. The molecule has 1 N–H and O–H groups in total. The van der Waals surface area contributed by atoms with Crippen molar-refractivity contribution < 1.29 is 9.59 Å². The van der Waals surface area contributed by atoms with Crippen molar-refractivity contribution in [2.45, 2.75) is 57.9 Å². The Morgan fingerprint density at radius 1 is 1.12 bits per heavy atom. The molecule has 2 aliphatic rings. The maximum atomic E-state index is 12.3. The lowest BCUT2D eigenvalue weighted by atomic mass is 10.0. The SMILES string of the molecule is CC1CCCCN1CCCCNC(=O)c1ccc(N2CCCC2=O)cc1. The third kappa shape index (κ3) is 4.85. The predicted octanol–water partition coefficient (Wildman–Crippen LogP) is 3.20. The lowest BCUT2D eigenvalue weighted by molar-refractivity contribution is -0.117. The first kappa shape index (κ1) is 18.9. The Morgan fingerprint density at radius 3 is 2.62 bits per heavy atom. The fourth-order valence-electron chi connectivity index (χ4n) is 3.95. The molecular weight excluding hydrogens is 326 g/mol. The van der Waals surface area contributed by atoms with Crippen molar-refractivity contribution in [3.63, 3.8) is 0 Å². The van der Waals surface area contributed by atoms with Gasteiger partial charge in [-0.1, -0.05) is 6.42 Å². The number of rotatable bonds is 7. The number of nitrogens with zero attached hydrogens (tertiary/aromatic N) is 2. The number of carbonyl (C=O) groups is 2. The monoisotopic (exact) mass is 357 g/mol. The number of hydrogen-bond donors (Lipinski definition) is 1. The van der Waals surface area contributed by atoms with Gasteiger partial charge in [-0.15, -0.1) is 0 Å². The van der Waals surface area contributed by atoms with Crippen LogP contribution in [-0.2, 0) is 4.79 Å². The van der Waals surface area contributed by atoms with E-state index in [0.717, 1.165) is 38.0 Å². The van der Waals surface area contributed by atoms with Gasteiger partial charge in [0.2, 0.25) is 5.91 Å². The van der Waals surface area contributed by atoms with Gasteiger partial charge in [0.05, 0.1) is 0 Å². The van der Waals surface area contributed by atoms with Gasteiger partial charge in [0.1, 0.15) is 0 Å². The summed E-state index contributed by atoms with van der Waals surface area (Å²) in [6.45, 7) is 6.17. The molecule has 1 aromatic rings. The molecular formula is C21H31N3O2. The van der Waals surface area contributed by atoms with Crippen LogP contribution in [0.2, 0.25) is 0 Å². The van der Waals surface area contributed by atoms with Gasteiger partial charge in [0, 0.05) is 36.8 Å². The highest BCUT2D eigenvalue weighted by molar-refractivity contribution is 5.97. The van der Waals surface area contributed by atoms with E-state index >= 15 is 0 Å². The van der Waals surface area contributed by atoms with E-state index in [-0.39, 0.29) is 11.8 Å². The first-order valence-corrected chi connectivity index (χ1v) is 10.1. The highest BCUT2D eigenvalue weighted by Gasteiger charge is 2.21. The number of hydrogen-bond acceptors (Lipinski definition) is 3. The summed E-state index contributed by atoms with van der Waals surface area (Å²) in [4.78, 5) is 28.4. The highest BCUT2D eigenvalue weighted by Crippen LogP contribution is 2.21. The maximum absolute atomic E-state index is 12.3. The van der Waals surface area contributed by atoms with Crippen LogP contribution in [0.5, 0.6) is 0 Å². The van der Waals surface area contributed by atoms with E-state index in [4.69, 9.17) is 0 Å². The Kier molecular flexibility index (Phi) is 6.67. The van der Waals surface area contributed by atoms with Crippen molar-refractivity contribution in [3.05, 3.63) is 29.8 Å². The van der Waals surface area contributed by atoms with E-state index in [1.54, 1.807) is 4.90 Å². The van der Waals surface area contributed by atoms with Crippen molar-refractivity contribution >= 4 is 17.5 Å². The summed E-state index contributed by atoms with van der Waals surface area (Å²) in [5.41, 5.74) is 1.55. The standard InChI is InChI=1S/C21H31N3O2/c1-17-7-2-4-14-23(17)15-5-3-13-22-21(26)18-9-11-19(12-10-18)24-16-6-8-20(24)25/h9-12,17H,2-8,13-16H2,1H3,(H,22,26). The van der Waals surface area contributed by atoms with E-state index in [1.165, 1.54) is 25.8 Å². The van der Waals surface area contributed by atoms with Crippen LogP contribution in [0, 0.1) is 0 Å². The molecule has 2 amide bonds. The molecule has 0 radical (unpaired) electrons. The minimum Gasteiger partial charge on any atom is -0.352 e. The molecule has 0 saturated carbocycles. The fourth-order valence-corrected chi connectivity index (χ4v) is 3.95. The molecule has 0 aliphatic carbocycles. The number of anilines is 1. The molecule has 3 rings (SSSR count). The zero-order valence-electron chi connectivity index (χ0n) is 15.9. The van der Waals surface area contributed by atoms with Crippen LogP contribution in [0.3, 0.4) is 0 Å². The Balaban J connectivity index is 1.37. The van der Waals surface area contributed by atoms with Crippen LogP contribution in [0.4, 0.5) is 5.69 Å². The molecule has 2 saturated heterocycles. The number of amides is 2. The largest absolute Gasteiger partial charge is 0.352 e. The summed E-state index contributed by atoms with van der Waals surface area (Å²) < 4.78 is 0. The third-order valence-electron chi connectivity index (χ3n) is 5.61. The molecule has 2 aliphatic heterocycles. The lowest BCUT2D eigenvalue weighted by Crippen LogP contribution is -2.38. The van der Waals surface area contributed by atoms with Gasteiger partial charge in [-0.25, -0.2) is 0 Å². The lowest BCUT2D eigenvalue weighted by Gasteiger charge is -2.33. The minimum atomic E-state index is -0.0318. The molecule has 1 atom stereocenters. The Bertz CT molecular complexity index is 614. The van der Waals surface area contributed by atoms with Gasteiger partial charge >= 0.3 is 0 Å². The van der Waals surface area contributed by atoms with Gasteiger partial charge in [-0.05, 0) is 76.4 Å². The average Bonchev–Trinajstić information content (AvgIpc) is 3.09. The van der Waals surface area contributed by atoms with Crippen molar-refractivity contribution in [2.24, 2.45) is 0 Å². The smallest absolute Gasteiger partial charge is 0.251 e. The van der Waals surface area contributed by atoms with Crippen LogP contribution in [0.1, 0.15) is 62.2 Å². The van der Waals surface area contributed by atoms with E-state index in [9.17, 15) is 9.59 Å². The van der Waals surface area contributed by atoms with Crippen LogP contribution in [0.25, 0.3) is 0 Å². The summed E-state index contributed by atoms with van der Waals surface area (Å²) in [6.07, 6.45) is 7.67. The molecule has 5 heteroatoms. The molecule has 5 nitrogen and oxygen atoms in total. The number of likely N-dealkylation sites (tertiary alicyclic amines) is 1. The number of carbonyl (C=O) groups excluding carboxylic acids is 2. The summed E-state index contributed by atoms with van der Waals surface area (Å²) in [7, 11) is 0. The van der Waals surface area contributed by atoms with Crippen molar-refractivity contribution in [2.75, 3.05) is 31.1 Å². The maximum Gasteiger partial charge on any atom is 0.251 e. The van der Waals surface area contributed by atoms with Gasteiger partial charge in [-0.3, -0.25) is 9.59 Å². The quantitative estimate of drug-likeness (QED) is 0.763. The van der Waals surface area contributed by atoms with Gasteiger partial charge in [-0.2, -0.15) is 0 Å². The first-order chi connectivity index (χ1) is 12.6. The molecule has 142 valence electrons. The summed E-state index contributed by atoms with van der Waals surface area (Å²) in [5, 5.41) is 3.01. The minimum absolute atomic E-state index is 0.0318. The van der Waals surface area contributed by atoms with Crippen molar-refractivity contribution in [3.8, 4) is 0 Å². The fraction of sp³-hybridized carbons (Fsp3) is 0.619. The van der Waals surface area contributed by atoms with Crippen molar-refractivity contribution in [1.82, 2.24) is 10.2 Å². The van der Waals surface area contributed by atoms with Crippen LogP contribution < -0.4 is 10.2 Å². The summed E-state index contributed by atoms with van der Waals surface area (Å²) >= 11 is 0. The molecule has 2 heterocycles. The highest BCUT2D eigenvalue weighted by atomic mass is 16.2. The number of benzene rings is 1. The predicted molar refractivity (Wildman–Crippen MR) is 104 cm³/mol. The molecule has 0 spiro atoms. The van der Waals surface area contributed by atoms with Crippen LogP contribution in [-0.4, -0.2) is 48.9 Å². The normalized spacial score (nSPS) is 21.2. The van der Waals surface area contributed by atoms with E-state index < -0.39 is 0 Å². The number of piperidine rings is 1. The summed E-state index contributed by atoms with van der Waals surface area (Å²) in [6, 6.07) is 8.07. The molecule has 2 fully saturated rings. The summed E-state index contributed by atoms with van der Waals surface area (Å²) in [5.74, 6) is 0.140. The average molecular weight is 357 g/mol. The van der Waals surface area contributed by atoms with E-state index in [1.807, 2.05) is 24.3 Å². The number of nitrogens with one attached hydrogen (secondary N) is 1. The Morgan fingerprint density at radius 2 is 1.92 bits per heavy atom.